The Balaban J connectivity index is 1.96. The van der Waals surface area contributed by atoms with Crippen molar-refractivity contribution in [3.8, 4) is 0 Å². The van der Waals surface area contributed by atoms with Crippen molar-refractivity contribution in [1.29, 1.82) is 0 Å². The molecular weight excluding hydrogens is 304 g/mol. The van der Waals surface area contributed by atoms with Crippen molar-refractivity contribution < 1.29 is 19.6 Å². The summed E-state index contributed by atoms with van der Waals surface area (Å²) in [6.07, 6.45) is 0. The van der Waals surface area contributed by atoms with Crippen LogP contribution in [0.2, 0.25) is 0 Å². The molecule has 0 radical (unpaired) electrons. The van der Waals surface area contributed by atoms with Gasteiger partial charge >= 0.3 is 11.8 Å². The Labute approximate surface area is 132 Å². The zero-order chi connectivity index (χ0) is 16.8. The summed E-state index contributed by atoms with van der Waals surface area (Å²) in [7, 11) is 0. The number of nitro groups is 1. The number of amides is 2. The topological polar surface area (TPSA) is 116 Å². The minimum absolute atomic E-state index is 0.00485. The number of hydrogen-bond donors (Lipinski definition) is 2. The van der Waals surface area contributed by atoms with Gasteiger partial charge in [-0.1, -0.05) is 12.1 Å². The third-order valence-corrected chi connectivity index (χ3v) is 3.62. The lowest BCUT2D eigenvalue weighted by Gasteiger charge is -2.33. The minimum atomic E-state index is -0.894. The highest BCUT2D eigenvalue weighted by atomic mass is 16.6. The molecule has 0 unspecified atom stereocenters. The molecule has 9 heteroatoms. The first-order valence-corrected chi connectivity index (χ1v) is 7.20. The smallest absolute Gasteiger partial charge is 0.314 e. The summed E-state index contributed by atoms with van der Waals surface area (Å²) in [4.78, 5) is 37.8. The number of para-hydroxylation sites is 2. The number of nitrogens with one attached hydrogen (secondary N) is 1. The van der Waals surface area contributed by atoms with E-state index in [1.165, 1.54) is 23.1 Å². The van der Waals surface area contributed by atoms with Crippen LogP contribution < -0.4 is 5.32 Å². The molecule has 0 aromatic heterocycles. The maximum Gasteiger partial charge on any atom is 0.314 e. The third-order valence-electron chi connectivity index (χ3n) is 3.62. The molecule has 23 heavy (non-hydrogen) atoms. The van der Waals surface area contributed by atoms with Gasteiger partial charge in [-0.05, 0) is 6.07 Å². The molecule has 0 saturated carbocycles. The molecule has 0 atom stereocenters. The van der Waals surface area contributed by atoms with Crippen molar-refractivity contribution in [2.24, 2.45) is 0 Å². The first-order chi connectivity index (χ1) is 11.0. The number of carbonyl (C=O) groups excluding carboxylic acids is 2. The number of carbonyl (C=O) groups is 2. The Bertz CT molecular complexity index is 599. The van der Waals surface area contributed by atoms with Gasteiger partial charge in [0.1, 0.15) is 5.69 Å². The zero-order valence-electron chi connectivity index (χ0n) is 12.5. The van der Waals surface area contributed by atoms with Gasteiger partial charge in [-0.3, -0.25) is 24.6 Å². The highest BCUT2D eigenvalue weighted by molar-refractivity contribution is 6.39. The van der Waals surface area contributed by atoms with Gasteiger partial charge in [0.2, 0.25) is 0 Å². The predicted octanol–water partition coefficient (Wildman–Crippen LogP) is -0.330. The molecule has 0 aliphatic carbocycles. The Hall–Kier alpha value is -2.52. The van der Waals surface area contributed by atoms with E-state index >= 15 is 0 Å². The first kappa shape index (κ1) is 16.8. The molecule has 124 valence electrons. The van der Waals surface area contributed by atoms with Gasteiger partial charge in [0.25, 0.3) is 5.69 Å². The molecule has 0 spiro atoms. The fourth-order valence-corrected chi connectivity index (χ4v) is 2.37. The van der Waals surface area contributed by atoms with Crippen LogP contribution in [0.3, 0.4) is 0 Å². The van der Waals surface area contributed by atoms with Crippen LogP contribution >= 0.6 is 0 Å². The van der Waals surface area contributed by atoms with E-state index in [0.29, 0.717) is 32.7 Å². The van der Waals surface area contributed by atoms with Crippen LogP contribution in [0, 0.1) is 10.1 Å². The number of aliphatic hydroxyl groups excluding tert-OH is 1. The molecular formula is C14H18N4O5. The summed E-state index contributed by atoms with van der Waals surface area (Å²) in [5, 5.41) is 22.1. The average molecular weight is 322 g/mol. The standard InChI is InChI=1S/C14H18N4O5/c19-10-9-16-5-7-17(8-6-16)14(21)13(20)15-11-3-1-2-4-12(11)18(22)23/h1-4,19H,5-10H2,(H,15,20). The number of anilines is 1. The van der Waals surface area contributed by atoms with Crippen LogP contribution in [0.25, 0.3) is 0 Å². The lowest BCUT2D eigenvalue weighted by Crippen LogP contribution is -2.52. The van der Waals surface area contributed by atoms with Crippen molar-refractivity contribution in [2.45, 2.75) is 0 Å². The molecule has 2 amide bonds. The molecule has 1 saturated heterocycles. The maximum atomic E-state index is 12.1. The van der Waals surface area contributed by atoms with Gasteiger partial charge in [-0.2, -0.15) is 0 Å². The number of benzene rings is 1. The van der Waals surface area contributed by atoms with E-state index in [1.807, 2.05) is 4.90 Å². The Kier molecular flexibility index (Phi) is 5.61. The second kappa shape index (κ2) is 7.65. The number of nitrogens with zero attached hydrogens (tertiary/aromatic N) is 3. The van der Waals surface area contributed by atoms with Gasteiger partial charge in [0, 0.05) is 38.8 Å². The Morgan fingerprint density at radius 2 is 1.87 bits per heavy atom. The van der Waals surface area contributed by atoms with Crippen LogP contribution in [0.1, 0.15) is 0 Å². The first-order valence-electron chi connectivity index (χ1n) is 7.20. The molecule has 1 fully saturated rings. The monoisotopic (exact) mass is 322 g/mol. The van der Waals surface area contributed by atoms with E-state index in [-0.39, 0.29) is 18.0 Å². The fourth-order valence-electron chi connectivity index (χ4n) is 2.37. The van der Waals surface area contributed by atoms with Gasteiger partial charge in [-0.25, -0.2) is 0 Å². The lowest BCUT2D eigenvalue weighted by molar-refractivity contribution is -0.383. The van der Waals surface area contributed by atoms with Crippen molar-refractivity contribution in [3.63, 3.8) is 0 Å². The van der Waals surface area contributed by atoms with Crippen LogP contribution in [-0.2, 0) is 9.59 Å². The van der Waals surface area contributed by atoms with Crippen LogP contribution in [0.5, 0.6) is 0 Å². The van der Waals surface area contributed by atoms with Gasteiger partial charge in [0.15, 0.2) is 0 Å². The molecule has 2 rings (SSSR count). The lowest BCUT2D eigenvalue weighted by atomic mass is 10.2. The van der Waals surface area contributed by atoms with Crippen molar-refractivity contribution in [2.75, 3.05) is 44.6 Å². The van der Waals surface area contributed by atoms with E-state index in [1.54, 1.807) is 6.07 Å². The summed E-state index contributed by atoms with van der Waals surface area (Å²) < 4.78 is 0. The predicted molar refractivity (Wildman–Crippen MR) is 81.8 cm³/mol. The number of aliphatic hydroxyl groups is 1. The zero-order valence-corrected chi connectivity index (χ0v) is 12.5. The highest BCUT2D eigenvalue weighted by Gasteiger charge is 2.27. The second-order valence-electron chi connectivity index (χ2n) is 5.09. The number of piperazine rings is 1. The molecule has 2 N–H and O–H groups in total. The molecule has 0 bridgehead atoms. The molecule has 9 nitrogen and oxygen atoms in total. The second-order valence-corrected chi connectivity index (χ2v) is 5.09. The van der Waals surface area contributed by atoms with E-state index in [2.05, 4.69) is 5.32 Å². The summed E-state index contributed by atoms with van der Waals surface area (Å²) in [5.41, 5.74) is -0.267. The van der Waals surface area contributed by atoms with E-state index in [0.717, 1.165) is 0 Å². The summed E-state index contributed by atoms with van der Waals surface area (Å²) in [6, 6.07) is 5.66. The van der Waals surface area contributed by atoms with Gasteiger partial charge in [0.05, 0.1) is 11.5 Å². The van der Waals surface area contributed by atoms with Crippen LogP contribution in [-0.4, -0.2) is 71.0 Å². The largest absolute Gasteiger partial charge is 0.395 e. The van der Waals surface area contributed by atoms with Crippen LogP contribution in [0.4, 0.5) is 11.4 Å². The SMILES string of the molecule is O=C(Nc1ccccc1[N+](=O)[O-])C(=O)N1CCN(CCO)CC1. The number of nitro benzene ring substituents is 1. The minimum Gasteiger partial charge on any atom is -0.395 e. The normalized spacial score (nSPS) is 15.3. The van der Waals surface area contributed by atoms with Crippen molar-refractivity contribution >= 4 is 23.2 Å². The van der Waals surface area contributed by atoms with E-state index in [9.17, 15) is 19.7 Å². The number of β-amino-alcohol motifs (C(OH)–C–C–N with tert-alkyl or cyclic N) is 1. The van der Waals surface area contributed by atoms with Crippen molar-refractivity contribution in [3.05, 3.63) is 34.4 Å². The van der Waals surface area contributed by atoms with Crippen molar-refractivity contribution in [1.82, 2.24) is 9.80 Å². The molecule has 1 aromatic rings. The number of hydrogen-bond acceptors (Lipinski definition) is 6. The quantitative estimate of drug-likeness (QED) is 0.445. The average Bonchev–Trinajstić information content (AvgIpc) is 2.55. The molecule has 1 aliphatic rings. The molecule has 1 aliphatic heterocycles. The maximum absolute atomic E-state index is 12.1. The summed E-state index contributed by atoms with van der Waals surface area (Å²) >= 11 is 0. The number of rotatable bonds is 4. The van der Waals surface area contributed by atoms with E-state index in [4.69, 9.17) is 5.11 Å². The Morgan fingerprint density at radius 3 is 2.48 bits per heavy atom. The third kappa shape index (κ3) is 4.24. The Morgan fingerprint density at radius 1 is 1.22 bits per heavy atom. The van der Waals surface area contributed by atoms with E-state index < -0.39 is 16.7 Å². The van der Waals surface area contributed by atoms with Crippen LogP contribution in [0.15, 0.2) is 24.3 Å². The summed E-state index contributed by atoms with van der Waals surface area (Å²) in [5.74, 6) is -1.61. The highest BCUT2D eigenvalue weighted by Crippen LogP contribution is 2.23. The summed E-state index contributed by atoms with van der Waals surface area (Å²) in [6.45, 7) is 2.49. The molecule has 1 heterocycles. The van der Waals surface area contributed by atoms with Gasteiger partial charge < -0.3 is 15.3 Å². The fraction of sp³-hybridized carbons (Fsp3) is 0.429. The molecule has 1 aromatic carbocycles. The van der Waals surface area contributed by atoms with Gasteiger partial charge in [-0.15, -0.1) is 0 Å².